The highest BCUT2D eigenvalue weighted by Gasteiger charge is 2.10. The minimum Gasteiger partial charge on any atom is -0.370 e. The minimum atomic E-state index is -0.0812. The molecule has 0 aliphatic heterocycles. The van der Waals surface area contributed by atoms with Crippen LogP contribution in [-0.2, 0) is 13.1 Å². The first-order chi connectivity index (χ1) is 9.94. The first-order valence-corrected chi connectivity index (χ1v) is 7.06. The number of rotatable bonds is 4. The Labute approximate surface area is 149 Å². The lowest BCUT2D eigenvalue weighted by molar-refractivity contribution is 0.508. The fourth-order valence-electron chi connectivity index (χ4n) is 2.03. The van der Waals surface area contributed by atoms with E-state index in [1.54, 1.807) is 6.20 Å². The number of nitrogens with two attached hydrogens (primary N) is 1. The van der Waals surface area contributed by atoms with Crippen molar-refractivity contribution in [3.63, 3.8) is 0 Å². The topological polar surface area (TPSA) is 68.2 Å². The number of hydrogen-bond donors (Lipinski definition) is 2. The second-order valence-corrected chi connectivity index (χ2v) is 6.05. The number of hydrogen-bond acceptors (Lipinski definition) is 2. The molecular weight excluding hydrogens is 389 g/mol. The number of halogens is 1. The van der Waals surface area contributed by atoms with Gasteiger partial charge in [-0.2, -0.15) is 5.10 Å². The molecule has 0 atom stereocenters. The summed E-state index contributed by atoms with van der Waals surface area (Å²) in [5, 5.41) is 7.40. The summed E-state index contributed by atoms with van der Waals surface area (Å²) in [6, 6.07) is 10.1. The van der Waals surface area contributed by atoms with Gasteiger partial charge in [0.1, 0.15) is 0 Å². The Morgan fingerprint density at radius 3 is 2.50 bits per heavy atom. The van der Waals surface area contributed by atoms with E-state index in [0.717, 1.165) is 12.1 Å². The van der Waals surface area contributed by atoms with Crippen LogP contribution in [0.25, 0.3) is 0 Å². The van der Waals surface area contributed by atoms with E-state index in [1.807, 2.05) is 29.1 Å². The van der Waals surface area contributed by atoms with Gasteiger partial charge in [0.25, 0.3) is 0 Å². The zero-order valence-electron chi connectivity index (χ0n) is 13.3. The summed E-state index contributed by atoms with van der Waals surface area (Å²) in [7, 11) is 0. The highest BCUT2D eigenvalue weighted by atomic mass is 127. The molecule has 1 aromatic heterocycles. The maximum Gasteiger partial charge on any atom is 0.189 e. The molecule has 0 radical (unpaired) electrons. The van der Waals surface area contributed by atoms with Gasteiger partial charge in [-0.3, -0.25) is 4.68 Å². The van der Waals surface area contributed by atoms with Crippen molar-refractivity contribution in [2.24, 2.45) is 10.7 Å². The molecule has 5 nitrogen and oxygen atoms in total. The van der Waals surface area contributed by atoms with Crippen LogP contribution in [0.4, 0.5) is 0 Å². The normalized spacial score (nSPS) is 11.9. The fraction of sp³-hybridized carbons (Fsp3) is 0.375. The van der Waals surface area contributed by atoms with Crippen molar-refractivity contribution < 1.29 is 0 Å². The molecule has 22 heavy (non-hydrogen) atoms. The van der Waals surface area contributed by atoms with Crippen molar-refractivity contribution in [2.75, 3.05) is 0 Å². The van der Waals surface area contributed by atoms with E-state index in [4.69, 9.17) is 5.73 Å². The van der Waals surface area contributed by atoms with Crippen LogP contribution in [0.3, 0.4) is 0 Å². The number of nitrogens with one attached hydrogen (secondary N) is 1. The van der Waals surface area contributed by atoms with Crippen molar-refractivity contribution in [3.05, 3.63) is 53.9 Å². The fourth-order valence-corrected chi connectivity index (χ4v) is 2.03. The highest BCUT2D eigenvalue weighted by Crippen LogP contribution is 2.11. The molecule has 0 unspecified atom stereocenters. The molecule has 1 aromatic carbocycles. The molecular formula is C16H24IN5. The van der Waals surface area contributed by atoms with Gasteiger partial charge in [-0.1, -0.05) is 24.3 Å². The number of nitrogens with zero attached hydrogens (tertiary/aromatic N) is 3. The maximum absolute atomic E-state index is 5.92. The van der Waals surface area contributed by atoms with Gasteiger partial charge in [0.05, 0.1) is 13.1 Å². The quantitative estimate of drug-likeness (QED) is 0.460. The van der Waals surface area contributed by atoms with Crippen molar-refractivity contribution >= 4 is 29.9 Å². The van der Waals surface area contributed by atoms with Crippen LogP contribution in [0.2, 0.25) is 0 Å². The van der Waals surface area contributed by atoms with E-state index in [9.17, 15) is 0 Å². The Morgan fingerprint density at radius 1 is 1.23 bits per heavy atom. The second kappa shape index (κ2) is 8.17. The maximum atomic E-state index is 5.92. The summed E-state index contributed by atoms with van der Waals surface area (Å²) in [5.41, 5.74) is 8.20. The first kappa shape index (κ1) is 18.5. The van der Waals surface area contributed by atoms with Crippen LogP contribution >= 0.6 is 24.0 Å². The highest BCUT2D eigenvalue weighted by molar-refractivity contribution is 14.0. The Kier molecular flexibility index (Phi) is 6.86. The lowest BCUT2D eigenvalue weighted by Crippen LogP contribution is -2.45. The van der Waals surface area contributed by atoms with Crippen LogP contribution in [0.15, 0.2) is 47.7 Å². The molecule has 3 N–H and O–H groups in total. The molecule has 0 bridgehead atoms. The third kappa shape index (κ3) is 6.05. The van der Waals surface area contributed by atoms with Gasteiger partial charge in [-0.15, -0.1) is 24.0 Å². The molecule has 0 fully saturated rings. The molecule has 0 aliphatic rings. The Bertz CT molecular complexity index is 599. The van der Waals surface area contributed by atoms with E-state index >= 15 is 0 Å². The molecule has 2 aromatic rings. The predicted octanol–water partition coefficient (Wildman–Crippen LogP) is 2.75. The van der Waals surface area contributed by atoms with Crippen molar-refractivity contribution in [3.8, 4) is 0 Å². The Balaban J connectivity index is 0.00000242. The van der Waals surface area contributed by atoms with Gasteiger partial charge in [-0.05, 0) is 38.0 Å². The Hall–Kier alpha value is -1.57. The summed E-state index contributed by atoms with van der Waals surface area (Å²) in [5.74, 6) is 0.469. The summed E-state index contributed by atoms with van der Waals surface area (Å²) >= 11 is 0. The predicted molar refractivity (Wildman–Crippen MR) is 101 cm³/mol. The molecule has 6 heteroatoms. The number of aromatic nitrogens is 2. The second-order valence-electron chi connectivity index (χ2n) is 6.05. The summed E-state index contributed by atoms with van der Waals surface area (Å²) in [4.78, 5) is 4.42. The molecule has 0 amide bonds. The average Bonchev–Trinajstić information content (AvgIpc) is 2.88. The Morgan fingerprint density at radius 2 is 1.91 bits per heavy atom. The number of guanidine groups is 1. The van der Waals surface area contributed by atoms with Gasteiger partial charge in [-0.25, -0.2) is 4.99 Å². The SMILES string of the molecule is CC(C)(C)NC(N)=NCc1ccccc1Cn1cccn1.I. The van der Waals surface area contributed by atoms with Crippen molar-refractivity contribution in [1.29, 1.82) is 0 Å². The molecule has 0 aliphatic carbocycles. The third-order valence-corrected chi connectivity index (χ3v) is 2.93. The summed E-state index contributed by atoms with van der Waals surface area (Å²) < 4.78 is 1.90. The third-order valence-electron chi connectivity index (χ3n) is 2.93. The monoisotopic (exact) mass is 413 g/mol. The van der Waals surface area contributed by atoms with E-state index in [2.05, 4.69) is 48.3 Å². The van der Waals surface area contributed by atoms with Crippen LogP contribution in [0, 0.1) is 0 Å². The first-order valence-electron chi connectivity index (χ1n) is 7.06. The minimum absolute atomic E-state index is 0. The molecule has 2 rings (SSSR count). The molecule has 0 saturated carbocycles. The zero-order valence-corrected chi connectivity index (χ0v) is 15.6. The lowest BCUT2D eigenvalue weighted by Gasteiger charge is -2.21. The van der Waals surface area contributed by atoms with Gasteiger partial charge in [0.15, 0.2) is 5.96 Å². The molecule has 120 valence electrons. The lowest BCUT2D eigenvalue weighted by atomic mass is 10.1. The standard InChI is InChI=1S/C16H23N5.HI/c1-16(2,3)20-15(17)18-11-13-7-4-5-8-14(13)12-21-10-6-9-19-21;/h4-10H,11-12H2,1-3H3,(H3,17,18,20);1H. The van der Waals surface area contributed by atoms with Crippen LogP contribution in [0.1, 0.15) is 31.9 Å². The van der Waals surface area contributed by atoms with Crippen LogP contribution < -0.4 is 11.1 Å². The van der Waals surface area contributed by atoms with Gasteiger partial charge in [0.2, 0.25) is 0 Å². The molecule has 1 heterocycles. The zero-order chi connectivity index (χ0) is 15.3. The van der Waals surface area contributed by atoms with Crippen LogP contribution in [0.5, 0.6) is 0 Å². The molecule has 0 spiro atoms. The van der Waals surface area contributed by atoms with E-state index in [-0.39, 0.29) is 29.5 Å². The summed E-state index contributed by atoms with van der Waals surface area (Å²) in [6.07, 6.45) is 3.74. The van der Waals surface area contributed by atoms with Crippen LogP contribution in [-0.4, -0.2) is 21.3 Å². The van der Waals surface area contributed by atoms with E-state index < -0.39 is 0 Å². The van der Waals surface area contributed by atoms with Gasteiger partial charge in [0, 0.05) is 17.9 Å². The van der Waals surface area contributed by atoms with Gasteiger partial charge < -0.3 is 11.1 Å². The molecule has 0 saturated heterocycles. The largest absolute Gasteiger partial charge is 0.370 e. The van der Waals surface area contributed by atoms with Crippen molar-refractivity contribution in [2.45, 2.75) is 39.4 Å². The van der Waals surface area contributed by atoms with E-state index in [1.165, 1.54) is 5.56 Å². The summed E-state index contributed by atoms with van der Waals surface area (Å²) in [6.45, 7) is 7.47. The number of aliphatic imine (C=N–C) groups is 1. The average molecular weight is 413 g/mol. The van der Waals surface area contributed by atoms with Gasteiger partial charge >= 0.3 is 0 Å². The smallest absolute Gasteiger partial charge is 0.189 e. The number of benzene rings is 1. The van der Waals surface area contributed by atoms with Crippen molar-refractivity contribution in [1.82, 2.24) is 15.1 Å². The van der Waals surface area contributed by atoms with E-state index in [0.29, 0.717) is 12.5 Å².